The first-order chi connectivity index (χ1) is 11.2. The van der Waals surface area contributed by atoms with Gasteiger partial charge in [0, 0.05) is 11.3 Å². The normalized spacial score (nSPS) is 37.5. The van der Waals surface area contributed by atoms with Gasteiger partial charge in [-0.2, -0.15) is 13.2 Å². The maximum Gasteiger partial charge on any atom is 0.416 e. The molecule has 130 valence electrons. The van der Waals surface area contributed by atoms with Crippen molar-refractivity contribution < 1.29 is 18.0 Å². The van der Waals surface area contributed by atoms with Crippen LogP contribution in [0.25, 0.3) is 0 Å². The molecule has 1 saturated heterocycles. The Labute approximate surface area is 146 Å². The van der Waals surface area contributed by atoms with Gasteiger partial charge in [0.1, 0.15) is 4.84 Å². The van der Waals surface area contributed by atoms with Gasteiger partial charge >= 0.3 is 12.2 Å². The maximum absolute atomic E-state index is 13.1. The van der Waals surface area contributed by atoms with Gasteiger partial charge in [-0.25, -0.2) is 4.79 Å². The largest absolute Gasteiger partial charge is 0.416 e. The molecule has 1 unspecified atom stereocenters. The molecule has 3 nitrogen and oxygen atoms in total. The van der Waals surface area contributed by atoms with Crippen molar-refractivity contribution in [2.45, 2.75) is 41.4 Å². The van der Waals surface area contributed by atoms with E-state index in [9.17, 15) is 18.0 Å². The van der Waals surface area contributed by atoms with Gasteiger partial charge in [0.05, 0.1) is 17.6 Å². The van der Waals surface area contributed by atoms with Crippen molar-refractivity contribution in [3.8, 4) is 0 Å². The van der Waals surface area contributed by atoms with E-state index >= 15 is 0 Å². The molecule has 0 spiro atoms. The number of alkyl halides is 5. The number of hydrogen-bond acceptors (Lipinski definition) is 1. The Kier molecular flexibility index (Phi) is 3.52. The summed E-state index contributed by atoms with van der Waals surface area (Å²) in [4.78, 5) is 10.9. The highest BCUT2D eigenvalue weighted by atomic mass is 35.5. The average Bonchev–Trinajstić information content (AvgIpc) is 3.02. The molecule has 3 aliphatic rings. The van der Waals surface area contributed by atoms with E-state index in [-0.39, 0.29) is 30.0 Å². The Morgan fingerprint density at radius 2 is 1.92 bits per heavy atom. The van der Waals surface area contributed by atoms with Crippen molar-refractivity contribution in [2.75, 3.05) is 0 Å². The van der Waals surface area contributed by atoms with E-state index in [0.29, 0.717) is 18.4 Å². The molecule has 2 amide bonds. The maximum atomic E-state index is 13.1. The van der Waals surface area contributed by atoms with Gasteiger partial charge in [0.15, 0.2) is 0 Å². The van der Waals surface area contributed by atoms with E-state index in [2.05, 4.69) is 10.6 Å². The number of hydrogen-bond donors (Lipinski definition) is 2. The van der Waals surface area contributed by atoms with E-state index in [0.717, 1.165) is 6.07 Å². The van der Waals surface area contributed by atoms with Crippen LogP contribution in [0.1, 0.15) is 24.0 Å². The number of fused-ring (bicyclic) bond motifs is 2. The van der Waals surface area contributed by atoms with Crippen LogP contribution in [0.2, 0.25) is 0 Å². The Balaban J connectivity index is 1.73. The summed E-state index contributed by atoms with van der Waals surface area (Å²) >= 11 is 12.3. The van der Waals surface area contributed by atoms with Gasteiger partial charge in [-0.15, -0.1) is 23.2 Å². The van der Waals surface area contributed by atoms with Crippen molar-refractivity contribution >= 4 is 29.2 Å². The second-order valence-corrected chi connectivity index (χ2v) is 8.02. The molecule has 2 aliphatic carbocycles. The lowest BCUT2D eigenvalue weighted by Crippen LogP contribution is -2.41. The average molecular weight is 379 g/mol. The minimum atomic E-state index is -4.39. The van der Waals surface area contributed by atoms with Crippen molar-refractivity contribution in [2.24, 2.45) is 11.8 Å². The molecule has 4 rings (SSSR count). The zero-order valence-electron chi connectivity index (χ0n) is 12.4. The van der Waals surface area contributed by atoms with E-state index in [1.807, 2.05) is 0 Å². The zero-order valence-corrected chi connectivity index (χ0v) is 13.9. The van der Waals surface area contributed by atoms with Crippen LogP contribution in [0, 0.1) is 11.8 Å². The third-order valence-electron chi connectivity index (χ3n) is 5.76. The third-order valence-corrected chi connectivity index (χ3v) is 6.31. The van der Waals surface area contributed by atoms with Gasteiger partial charge in [-0.05, 0) is 30.4 Å². The van der Waals surface area contributed by atoms with Gasteiger partial charge < -0.3 is 10.6 Å². The van der Waals surface area contributed by atoms with Crippen LogP contribution in [0.3, 0.4) is 0 Å². The van der Waals surface area contributed by atoms with Gasteiger partial charge in [-0.1, -0.05) is 18.2 Å². The smallest absolute Gasteiger partial charge is 0.333 e. The Morgan fingerprint density at radius 3 is 2.58 bits per heavy atom. The monoisotopic (exact) mass is 378 g/mol. The molecule has 24 heavy (non-hydrogen) atoms. The van der Waals surface area contributed by atoms with Crippen LogP contribution >= 0.6 is 23.2 Å². The highest BCUT2D eigenvalue weighted by molar-refractivity contribution is 6.44. The predicted molar refractivity (Wildman–Crippen MR) is 84.1 cm³/mol. The number of carbonyl (C=O) groups excluding carboxylic acids is 1. The van der Waals surface area contributed by atoms with E-state index in [1.54, 1.807) is 6.07 Å². The summed E-state index contributed by atoms with van der Waals surface area (Å²) < 4.78 is 39.2. The topological polar surface area (TPSA) is 41.1 Å². The minimum absolute atomic E-state index is 0.0153. The lowest BCUT2D eigenvalue weighted by Gasteiger charge is -2.31. The fraction of sp³-hybridized carbons (Fsp3) is 0.562. The second-order valence-electron chi connectivity index (χ2n) is 6.86. The van der Waals surface area contributed by atoms with Gasteiger partial charge in [0.25, 0.3) is 0 Å². The van der Waals surface area contributed by atoms with E-state index < -0.39 is 22.0 Å². The number of carbonyl (C=O) groups is 1. The summed E-state index contributed by atoms with van der Waals surface area (Å²) in [5.41, 5.74) is -0.566. The summed E-state index contributed by atoms with van der Waals surface area (Å²) in [5, 5.41) is 5.71. The number of halogens is 5. The van der Waals surface area contributed by atoms with Crippen molar-refractivity contribution in [1.82, 2.24) is 10.6 Å². The Hall–Kier alpha value is -1.14. The van der Waals surface area contributed by atoms with Gasteiger partial charge in [0.2, 0.25) is 0 Å². The highest BCUT2D eigenvalue weighted by Crippen LogP contribution is 2.69. The predicted octanol–water partition coefficient (Wildman–Crippen LogP) is 3.84. The molecule has 0 aromatic heterocycles. The number of benzene rings is 1. The zero-order chi connectivity index (χ0) is 17.3. The molecule has 5 atom stereocenters. The molecule has 0 radical (unpaired) electrons. The van der Waals surface area contributed by atoms with E-state index in [4.69, 9.17) is 23.2 Å². The summed E-state index contributed by atoms with van der Waals surface area (Å²) in [6, 6.07) is 5.05. The lowest BCUT2D eigenvalue weighted by atomic mass is 9.77. The summed E-state index contributed by atoms with van der Waals surface area (Å²) in [5.74, 6) is -0.0314. The molecular weight excluding hydrogens is 364 g/mol. The minimum Gasteiger partial charge on any atom is -0.333 e. The first-order valence-electron chi connectivity index (χ1n) is 7.76. The lowest BCUT2D eigenvalue weighted by molar-refractivity contribution is -0.137. The Morgan fingerprint density at radius 1 is 1.21 bits per heavy atom. The second kappa shape index (κ2) is 5.18. The number of rotatable bonds is 2. The molecular formula is C16H15Cl2F3N2O. The molecule has 1 aliphatic heterocycles. The standard InChI is InChI=1S/C16H15Cl2F3N2O/c17-13(18)12-9-5-10-11(23-14(24)22-10)6-15(9,12)7-2-1-3-8(4-7)16(19,20)21/h1-4,9-13H,5-6H2,(H2,22,23,24)/t9?,10-,11-,12-,15+/m0/s1. The fourth-order valence-corrected chi connectivity index (χ4v) is 5.54. The van der Waals surface area contributed by atoms with Crippen LogP contribution < -0.4 is 10.6 Å². The van der Waals surface area contributed by atoms with Crippen LogP contribution in [-0.2, 0) is 11.6 Å². The summed E-state index contributed by atoms with van der Waals surface area (Å²) in [6.45, 7) is 0. The summed E-state index contributed by atoms with van der Waals surface area (Å²) in [7, 11) is 0. The van der Waals surface area contributed by atoms with Crippen LogP contribution in [0.5, 0.6) is 0 Å². The molecule has 1 aromatic carbocycles. The number of amides is 2. The van der Waals surface area contributed by atoms with Crippen molar-refractivity contribution in [3.05, 3.63) is 35.4 Å². The molecule has 2 N–H and O–H groups in total. The van der Waals surface area contributed by atoms with Crippen LogP contribution in [-0.4, -0.2) is 23.0 Å². The SMILES string of the molecule is O=C1N[C@H]2CC3[C@@H](C(Cl)Cl)[C@@]3(c3cccc(C(F)(F)F)c3)C[C@@H]2N1. The molecule has 3 fully saturated rings. The number of urea groups is 1. The van der Waals surface area contributed by atoms with Crippen molar-refractivity contribution in [3.63, 3.8) is 0 Å². The van der Waals surface area contributed by atoms with Crippen LogP contribution in [0.4, 0.5) is 18.0 Å². The molecule has 1 heterocycles. The van der Waals surface area contributed by atoms with Crippen LogP contribution in [0.15, 0.2) is 24.3 Å². The van der Waals surface area contributed by atoms with Gasteiger partial charge in [-0.3, -0.25) is 0 Å². The van der Waals surface area contributed by atoms with E-state index in [1.165, 1.54) is 12.1 Å². The molecule has 2 saturated carbocycles. The van der Waals surface area contributed by atoms with Crippen molar-refractivity contribution in [1.29, 1.82) is 0 Å². The molecule has 1 aromatic rings. The fourth-order valence-electron chi connectivity index (χ4n) is 4.74. The molecule has 8 heteroatoms. The highest BCUT2D eigenvalue weighted by Gasteiger charge is 2.71. The first kappa shape index (κ1) is 16.3. The Bertz CT molecular complexity index is 696. The number of nitrogens with one attached hydrogen (secondary N) is 2. The third kappa shape index (κ3) is 2.30. The first-order valence-corrected chi connectivity index (χ1v) is 8.63. The summed E-state index contributed by atoms with van der Waals surface area (Å²) in [6.07, 6.45) is -3.18. The quantitative estimate of drug-likeness (QED) is 0.754. The molecule has 0 bridgehead atoms.